The first-order chi connectivity index (χ1) is 11.9. The van der Waals surface area contributed by atoms with Crippen molar-refractivity contribution in [2.75, 3.05) is 13.6 Å². The third-order valence-corrected chi connectivity index (χ3v) is 3.96. The molecular formula is C21H28N2O2. The van der Waals surface area contributed by atoms with Gasteiger partial charge in [0.05, 0.1) is 0 Å². The molecule has 0 aliphatic heterocycles. The summed E-state index contributed by atoms with van der Waals surface area (Å²) in [5, 5.41) is 6.23. The van der Waals surface area contributed by atoms with Crippen molar-refractivity contribution in [1.82, 2.24) is 10.6 Å². The van der Waals surface area contributed by atoms with E-state index in [9.17, 15) is 4.79 Å². The van der Waals surface area contributed by atoms with Gasteiger partial charge in [-0.05, 0) is 38.9 Å². The average molecular weight is 340 g/mol. The lowest BCUT2D eigenvalue weighted by atomic mass is 9.85. The molecule has 0 saturated carbocycles. The second-order valence-electron chi connectivity index (χ2n) is 7.08. The number of hydrogen-bond donors (Lipinski definition) is 2. The number of hydrogen-bond acceptors (Lipinski definition) is 3. The topological polar surface area (TPSA) is 50.4 Å². The van der Waals surface area contributed by atoms with Crippen molar-refractivity contribution in [1.29, 1.82) is 0 Å². The van der Waals surface area contributed by atoms with E-state index in [0.717, 1.165) is 0 Å². The van der Waals surface area contributed by atoms with Crippen LogP contribution in [0.4, 0.5) is 4.79 Å². The Kier molecular flexibility index (Phi) is 6.59. The number of likely N-dealkylation sites (N-methyl/N-ethyl adjacent to an activating group) is 1. The van der Waals surface area contributed by atoms with Crippen molar-refractivity contribution in [3.63, 3.8) is 0 Å². The van der Waals surface area contributed by atoms with Crippen LogP contribution in [0.5, 0.6) is 0 Å². The second-order valence-corrected chi connectivity index (χ2v) is 7.08. The number of rotatable bonds is 6. The molecule has 2 aromatic rings. The number of amides is 1. The smallest absolute Gasteiger partial charge is 0.407 e. The lowest BCUT2D eigenvalue weighted by Gasteiger charge is -2.29. The van der Waals surface area contributed by atoms with Gasteiger partial charge in [0.25, 0.3) is 0 Å². The van der Waals surface area contributed by atoms with E-state index in [4.69, 9.17) is 4.74 Å². The zero-order valence-corrected chi connectivity index (χ0v) is 15.5. The van der Waals surface area contributed by atoms with E-state index in [1.165, 1.54) is 11.1 Å². The minimum atomic E-state index is -0.502. The first-order valence-electron chi connectivity index (χ1n) is 8.64. The maximum absolute atomic E-state index is 12.0. The summed E-state index contributed by atoms with van der Waals surface area (Å²) < 4.78 is 5.35. The number of benzene rings is 2. The van der Waals surface area contributed by atoms with Crippen LogP contribution in [-0.4, -0.2) is 31.3 Å². The molecule has 134 valence electrons. The minimum absolute atomic E-state index is 0.0392. The van der Waals surface area contributed by atoms with E-state index >= 15 is 0 Å². The molecule has 25 heavy (non-hydrogen) atoms. The lowest BCUT2D eigenvalue weighted by molar-refractivity contribution is 0.0522. The number of nitrogens with one attached hydrogen (secondary N) is 2. The van der Waals surface area contributed by atoms with Crippen molar-refractivity contribution >= 4 is 6.09 Å². The Morgan fingerprint density at radius 2 is 1.44 bits per heavy atom. The quantitative estimate of drug-likeness (QED) is 0.838. The summed E-state index contributed by atoms with van der Waals surface area (Å²) in [5.74, 6) is 0.127. The van der Waals surface area contributed by atoms with Crippen molar-refractivity contribution in [3.05, 3.63) is 71.8 Å². The third-order valence-electron chi connectivity index (χ3n) is 3.96. The van der Waals surface area contributed by atoms with E-state index in [0.29, 0.717) is 6.54 Å². The summed E-state index contributed by atoms with van der Waals surface area (Å²) in [4.78, 5) is 12.0. The Morgan fingerprint density at radius 3 is 1.84 bits per heavy atom. The monoisotopic (exact) mass is 340 g/mol. The normalized spacial score (nSPS) is 12.7. The van der Waals surface area contributed by atoms with Crippen LogP contribution in [0.2, 0.25) is 0 Å². The van der Waals surface area contributed by atoms with Crippen molar-refractivity contribution in [3.8, 4) is 0 Å². The third kappa shape index (κ3) is 5.91. The van der Waals surface area contributed by atoms with E-state index in [2.05, 4.69) is 34.9 Å². The van der Waals surface area contributed by atoms with Gasteiger partial charge in [-0.15, -0.1) is 0 Å². The van der Waals surface area contributed by atoms with Gasteiger partial charge in [-0.1, -0.05) is 60.7 Å². The van der Waals surface area contributed by atoms with E-state index < -0.39 is 11.7 Å². The highest BCUT2D eigenvalue weighted by molar-refractivity contribution is 5.67. The summed E-state index contributed by atoms with van der Waals surface area (Å²) in [7, 11) is 1.92. The van der Waals surface area contributed by atoms with Gasteiger partial charge in [0, 0.05) is 18.5 Å². The van der Waals surface area contributed by atoms with Crippen molar-refractivity contribution in [2.24, 2.45) is 0 Å². The zero-order valence-electron chi connectivity index (χ0n) is 15.5. The number of alkyl carbamates (subject to hydrolysis) is 1. The number of ether oxygens (including phenoxy) is 1. The largest absolute Gasteiger partial charge is 0.444 e. The summed E-state index contributed by atoms with van der Waals surface area (Å²) in [6.07, 6.45) is -0.396. The molecule has 2 N–H and O–H groups in total. The molecule has 1 amide bonds. The first kappa shape index (κ1) is 19.0. The fourth-order valence-electron chi connectivity index (χ4n) is 2.87. The van der Waals surface area contributed by atoms with Gasteiger partial charge in [-0.2, -0.15) is 0 Å². The van der Waals surface area contributed by atoms with Crippen LogP contribution in [0.3, 0.4) is 0 Å². The Hall–Kier alpha value is -2.33. The molecule has 2 rings (SSSR count). The number of carbonyl (C=O) groups excluding carboxylic acids is 1. The van der Waals surface area contributed by atoms with Gasteiger partial charge in [-0.3, -0.25) is 0 Å². The SMILES string of the molecule is CN[C@H](CNC(=O)OC(C)(C)C)C(c1ccccc1)c1ccccc1. The molecule has 4 heteroatoms. The summed E-state index contributed by atoms with van der Waals surface area (Å²) >= 11 is 0. The molecule has 0 fully saturated rings. The highest BCUT2D eigenvalue weighted by atomic mass is 16.6. The molecule has 0 aliphatic rings. The van der Waals surface area contributed by atoms with Gasteiger partial charge in [0.1, 0.15) is 5.60 Å². The fraction of sp³-hybridized carbons (Fsp3) is 0.381. The Labute approximate surface area is 150 Å². The molecular weight excluding hydrogens is 312 g/mol. The second kappa shape index (κ2) is 8.67. The highest BCUT2D eigenvalue weighted by Gasteiger charge is 2.25. The van der Waals surface area contributed by atoms with Crippen LogP contribution >= 0.6 is 0 Å². The molecule has 0 spiro atoms. The molecule has 0 radical (unpaired) electrons. The Bertz CT molecular complexity index is 611. The molecule has 0 aliphatic carbocycles. The Balaban J connectivity index is 2.18. The molecule has 0 heterocycles. The van der Waals surface area contributed by atoms with Gasteiger partial charge in [-0.25, -0.2) is 4.79 Å². The average Bonchev–Trinajstić information content (AvgIpc) is 2.58. The highest BCUT2D eigenvalue weighted by Crippen LogP contribution is 2.27. The lowest BCUT2D eigenvalue weighted by Crippen LogP contribution is -2.44. The van der Waals surface area contributed by atoms with Crippen molar-refractivity contribution < 1.29 is 9.53 Å². The maximum Gasteiger partial charge on any atom is 0.407 e. The maximum atomic E-state index is 12.0. The van der Waals surface area contributed by atoms with Crippen LogP contribution in [0, 0.1) is 0 Å². The molecule has 0 aromatic heterocycles. The molecule has 0 saturated heterocycles. The van der Waals surface area contributed by atoms with Gasteiger partial charge in [0.15, 0.2) is 0 Å². The van der Waals surface area contributed by atoms with E-state index in [-0.39, 0.29) is 12.0 Å². The fourth-order valence-corrected chi connectivity index (χ4v) is 2.87. The molecule has 0 unspecified atom stereocenters. The summed E-state index contributed by atoms with van der Waals surface area (Å²) in [5.41, 5.74) is 1.91. The first-order valence-corrected chi connectivity index (χ1v) is 8.64. The zero-order chi connectivity index (χ0) is 18.3. The molecule has 1 atom stereocenters. The predicted molar refractivity (Wildman–Crippen MR) is 102 cm³/mol. The number of carbonyl (C=O) groups is 1. The summed E-state index contributed by atoms with van der Waals surface area (Å²) in [6.45, 7) is 6.05. The molecule has 4 nitrogen and oxygen atoms in total. The molecule has 0 bridgehead atoms. The van der Waals surface area contributed by atoms with Crippen LogP contribution in [0.1, 0.15) is 37.8 Å². The van der Waals surface area contributed by atoms with E-state index in [1.807, 2.05) is 64.2 Å². The summed E-state index contributed by atoms with van der Waals surface area (Å²) in [6, 6.07) is 20.7. The van der Waals surface area contributed by atoms with Crippen LogP contribution in [0.25, 0.3) is 0 Å². The molecule has 2 aromatic carbocycles. The predicted octanol–water partition coefficient (Wildman–Crippen LogP) is 3.93. The van der Waals surface area contributed by atoms with E-state index in [1.54, 1.807) is 0 Å². The van der Waals surface area contributed by atoms with Gasteiger partial charge >= 0.3 is 6.09 Å². The minimum Gasteiger partial charge on any atom is -0.444 e. The Morgan fingerprint density at radius 1 is 0.960 bits per heavy atom. The van der Waals surface area contributed by atoms with Crippen LogP contribution in [0.15, 0.2) is 60.7 Å². The standard InChI is InChI=1S/C21H28N2O2/c1-21(2,3)25-20(24)23-15-18(22-4)19(16-11-7-5-8-12-16)17-13-9-6-10-14-17/h5-14,18-19,22H,15H2,1-4H3,(H,23,24)/t18-/m1/s1. The van der Waals surface area contributed by atoms with Crippen LogP contribution in [-0.2, 0) is 4.74 Å². The van der Waals surface area contributed by atoms with Gasteiger partial charge in [0.2, 0.25) is 0 Å². The van der Waals surface area contributed by atoms with Crippen molar-refractivity contribution in [2.45, 2.75) is 38.3 Å². The van der Waals surface area contributed by atoms with Gasteiger partial charge < -0.3 is 15.4 Å². The van der Waals surface area contributed by atoms with Crippen LogP contribution < -0.4 is 10.6 Å².